The third kappa shape index (κ3) is 3.41. The van der Waals surface area contributed by atoms with Gasteiger partial charge >= 0.3 is 0 Å². The molecule has 4 aliphatic carbocycles. The van der Waals surface area contributed by atoms with Gasteiger partial charge in [-0.15, -0.1) is 0 Å². The highest BCUT2D eigenvalue weighted by molar-refractivity contribution is 5.19. The third-order valence-corrected chi connectivity index (χ3v) is 11.2. The SMILES string of the molecule is CC(C)CCCC(C)[C@H]1CC[C@H]2[C@@H]3C[C@@H](O)[C@@]4(N)C[C@@H](O)CC[C@]4(C)[C@H]3CC[C@]12C. The van der Waals surface area contributed by atoms with E-state index >= 15 is 0 Å². The summed E-state index contributed by atoms with van der Waals surface area (Å²) >= 11 is 0. The number of fused-ring (bicyclic) bond motifs is 5. The summed E-state index contributed by atoms with van der Waals surface area (Å²) in [4.78, 5) is 0. The number of aliphatic hydroxyl groups is 2. The van der Waals surface area contributed by atoms with Crippen molar-refractivity contribution >= 4 is 0 Å². The number of hydrogen-bond donors (Lipinski definition) is 3. The van der Waals surface area contributed by atoms with Crippen molar-refractivity contribution in [1.29, 1.82) is 0 Å². The normalized spacial score (nSPS) is 51.9. The zero-order chi connectivity index (χ0) is 21.9. The Morgan fingerprint density at radius 2 is 1.67 bits per heavy atom. The molecular weight excluding hydrogens is 370 g/mol. The zero-order valence-electron chi connectivity index (χ0n) is 20.4. The van der Waals surface area contributed by atoms with E-state index in [4.69, 9.17) is 5.73 Å². The van der Waals surface area contributed by atoms with Crippen LogP contribution in [-0.2, 0) is 0 Å². The Morgan fingerprint density at radius 1 is 0.933 bits per heavy atom. The van der Waals surface area contributed by atoms with Crippen molar-refractivity contribution in [1.82, 2.24) is 0 Å². The van der Waals surface area contributed by atoms with Crippen LogP contribution in [0.15, 0.2) is 0 Å². The van der Waals surface area contributed by atoms with Crippen molar-refractivity contribution in [3.63, 3.8) is 0 Å². The molecule has 0 aromatic rings. The maximum absolute atomic E-state index is 11.3. The highest BCUT2D eigenvalue weighted by Gasteiger charge is 2.66. The summed E-state index contributed by atoms with van der Waals surface area (Å²) < 4.78 is 0. The van der Waals surface area contributed by atoms with Crippen LogP contribution in [-0.4, -0.2) is 28.0 Å². The predicted molar refractivity (Wildman–Crippen MR) is 124 cm³/mol. The Morgan fingerprint density at radius 3 is 2.37 bits per heavy atom. The van der Waals surface area contributed by atoms with Crippen LogP contribution in [0.5, 0.6) is 0 Å². The standard InChI is InChI=1S/C27H49NO2/c1-17(2)7-6-8-18(3)21-9-10-22-20-15-24(30)27(28)16-19(29)11-14-26(27,5)23(20)12-13-25(21,22)4/h17-24,29-30H,6-16,28H2,1-5H3/t18?,19-,20-,21+,22-,23-,24+,25+,26+,27-/m0/s1. The molecule has 4 rings (SSSR count). The fourth-order valence-electron chi connectivity index (χ4n) is 9.37. The van der Waals surface area contributed by atoms with E-state index in [1.807, 2.05) is 0 Å². The van der Waals surface area contributed by atoms with E-state index in [9.17, 15) is 10.2 Å². The van der Waals surface area contributed by atoms with E-state index in [0.717, 1.165) is 42.9 Å². The average Bonchev–Trinajstić information content (AvgIpc) is 3.01. The lowest BCUT2D eigenvalue weighted by Crippen LogP contribution is -2.72. The molecule has 3 heteroatoms. The highest BCUT2D eigenvalue weighted by atomic mass is 16.3. The van der Waals surface area contributed by atoms with Crippen molar-refractivity contribution in [3.05, 3.63) is 0 Å². The summed E-state index contributed by atoms with van der Waals surface area (Å²) in [6.45, 7) is 12.2. The molecule has 4 aliphatic rings. The minimum atomic E-state index is -0.609. The fraction of sp³-hybridized carbons (Fsp3) is 1.00. The number of aliphatic hydroxyl groups excluding tert-OH is 2. The summed E-state index contributed by atoms with van der Waals surface area (Å²) in [5, 5.41) is 21.6. The van der Waals surface area contributed by atoms with Crippen LogP contribution in [0.25, 0.3) is 0 Å². The number of hydrogen-bond acceptors (Lipinski definition) is 3. The van der Waals surface area contributed by atoms with E-state index in [2.05, 4.69) is 34.6 Å². The minimum absolute atomic E-state index is 0.0309. The quantitative estimate of drug-likeness (QED) is 0.549. The van der Waals surface area contributed by atoms with Gasteiger partial charge < -0.3 is 15.9 Å². The molecule has 10 atom stereocenters. The van der Waals surface area contributed by atoms with E-state index in [1.54, 1.807) is 0 Å². The summed E-state index contributed by atoms with van der Waals surface area (Å²) in [5.74, 6) is 4.46. The van der Waals surface area contributed by atoms with Crippen LogP contribution in [0.4, 0.5) is 0 Å². The van der Waals surface area contributed by atoms with Gasteiger partial charge in [0.15, 0.2) is 0 Å². The van der Waals surface area contributed by atoms with Gasteiger partial charge in [0.2, 0.25) is 0 Å². The van der Waals surface area contributed by atoms with Crippen LogP contribution in [0.2, 0.25) is 0 Å². The summed E-state index contributed by atoms with van der Waals surface area (Å²) in [6.07, 6.45) is 11.9. The molecule has 3 nitrogen and oxygen atoms in total. The molecule has 0 aromatic carbocycles. The molecule has 30 heavy (non-hydrogen) atoms. The van der Waals surface area contributed by atoms with Gasteiger partial charge in [-0.05, 0) is 97.7 Å². The second-order valence-corrected chi connectivity index (χ2v) is 13.0. The van der Waals surface area contributed by atoms with Gasteiger partial charge in [0.05, 0.1) is 12.2 Å². The molecule has 4 fully saturated rings. The van der Waals surface area contributed by atoms with Crippen molar-refractivity contribution in [2.45, 2.75) is 123 Å². The average molecular weight is 420 g/mol. The van der Waals surface area contributed by atoms with Crippen molar-refractivity contribution in [3.8, 4) is 0 Å². The molecule has 0 radical (unpaired) electrons. The van der Waals surface area contributed by atoms with Crippen LogP contribution < -0.4 is 5.73 Å². The van der Waals surface area contributed by atoms with Crippen LogP contribution in [0.1, 0.15) is 105 Å². The van der Waals surface area contributed by atoms with Gasteiger partial charge in [-0.2, -0.15) is 0 Å². The summed E-state index contributed by atoms with van der Waals surface area (Å²) in [6, 6.07) is 0. The maximum atomic E-state index is 11.3. The molecule has 174 valence electrons. The van der Waals surface area contributed by atoms with Crippen molar-refractivity contribution in [2.75, 3.05) is 0 Å². The largest absolute Gasteiger partial charge is 0.393 e. The number of rotatable bonds is 5. The van der Waals surface area contributed by atoms with E-state index < -0.39 is 11.6 Å². The van der Waals surface area contributed by atoms with Gasteiger partial charge in [-0.3, -0.25) is 0 Å². The van der Waals surface area contributed by atoms with Gasteiger partial charge in [0.1, 0.15) is 0 Å². The van der Waals surface area contributed by atoms with Gasteiger partial charge in [-0.1, -0.05) is 53.9 Å². The van der Waals surface area contributed by atoms with Crippen molar-refractivity contribution < 1.29 is 10.2 Å². The first kappa shape index (κ1) is 23.1. The highest BCUT2D eigenvalue weighted by Crippen LogP contribution is 2.68. The van der Waals surface area contributed by atoms with Gasteiger partial charge in [0.25, 0.3) is 0 Å². The molecule has 4 saturated carbocycles. The first-order valence-electron chi connectivity index (χ1n) is 13.2. The molecule has 0 aliphatic heterocycles. The van der Waals surface area contributed by atoms with Gasteiger partial charge in [-0.25, -0.2) is 0 Å². The van der Waals surface area contributed by atoms with Crippen molar-refractivity contribution in [2.24, 2.45) is 52.1 Å². The second-order valence-electron chi connectivity index (χ2n) is 13.0. The third-order valence-electron chi connectivity index (χ3n) is 11.2. The zero-order valence-corrected chi connectivity index (χ0v) is 20.4. The Balaban J connectivity index is 1.53. The van der Waals surface area contributed by atoms with Crippen LogP contribution in [0.3, 0.4) is 0 Å². The lowest BCUT2D eigenvalue weighted by molar-refractivity contribution is -0.184. The van der Waals surface area contributed by atoms with E-state index in [-0.39, 0.29) is 11.5 Å². The van der Waals surface area contributed by atoms with Gasteiger partial charge in [0, 0.05) is 5.54 Å². The number of nitrogens with two attached hydrogens (primary N) is 1. The van der Waals surface area contributed by atoms with Crippen LogP contribution >= 0.6 is 0 Å². The fourth-order valence-corrected chi connectivity index (χ4v) is 9.37. The molecule has 0 saturated heterocycles. The smallest absolute Gasteiger partial charge is 0.0728 e. The van der Waals surface area contributed by atoms with Crippen LogP contribution in [0, 0.1) is 46.3 Å². The predicted octanol–water partition coefficient (Wildman–Crippen LogP) is 5.52. The Labute approximate surface area is 185 Å². The summed E-state index contributed by atoms with van der Waals surface area (Å²) in [7, 11) is 0. The Bertz CT molecular complexity index is 622. The molecule has 1 unspecified atom stereocenters. The monoisotopic (exact) mass is 419 g/mol. The van der Waals surface area contributed by atoms with E-state index in [1.165, 1.54) is 44.9 Å². The lowest BCUT2D eigenvalue weighted by atomic mass is 9.41. The first-order chi connectivity index (χ1) is 14.0. The molecule has 0 amide bonds. The molecular formula is C27H49NO2. The summed E-state index contributed by atoms with van der Waals surface area (Å²) in [5.41, 5.74) is 6.76. The molecule has 0 aromatic heterocycles. The Hall–Kier alpha value is -0.120. The maximum Gasteiger partial charge on any atom is 0.0728 e. The molecule has 4 N–H and O–H groups in total. The molecule has 0 heterocycles. The minimum Gasteiger partial charge on any atom is -0.393 e. The molecule has 0 bridgehead atoms. The van der Waals surface area contributed by atoms with E-state index in [0.29, 0.717) is 23.7 Å². The second kappa shape index (κ2) is 8.03. The molecule has 0 spiro atoms. The first-order valence-corrected chi connectivity index (χ1v) is 13.2. The Kier molecular flexibility index (Phi) is 6.17. The lowest BCUT2D eigenvalue weighted by Gasteiger charge is -2.66. The topological polar surface area (TPSA) is 66.5 Å².